The lowest BCUT2D eigenvalue weighted by Gasteiger charge is -2.16. The normalized spacial score (nSPS) is 11.8. The van der Waals surface area contributed by atoms with E-state index in [0.29, 0.717) is 11.6 Å². The van der Waals surface area contributed by atoms with Crippen molar-refractivity contribution in [3.8, 4) is 10.6 Å². The minimum absolute atomic E-state index is 0.375. The number of ether oxygens (including phenoxy) is 1. The summed E-state index contributed by atoms with van der Waals surface area (Å²) in [4.78, 5) is 5.36. The molecular formula is C14H16ClNO2S. The molecule has 1 aromatic heterocycles. The van der Waals surface area contributed by atoms with Gasteiger partial charge in [-0.3, -0.25) is 0 Å². The summed E-state index contributed by atoms with van der Waals surface area (Å²) in [6.07, 6.45) is 0. The molecular weight excluding hydrogens is 282 g/mol. The zero-order chi connectivity index (χ0) is 14.0. The second-order valence-corrected chi connectivity index (χ2v) is 6.17. The fourth-order valence-corrected chi connectivity index (χ4v) is 3.20. The number of aromatic nitrogens is 1. The van der Waals surface area contributed by atoms with Gasteiger partial charge in [0.2, 0.25) is 0 Å². The van der Waals surface area contributed by atoms with E-state index in [1.165, 1.54) is 11.3 Å². The van der Waals surface area contributed by atoms with Crippen LogP contribution in [0, 0.1) is 0 Å². The molecule has 0 saturated heterocycles. The Balaban J connectivity index is 2.52. The fraction of sp³-hybridized carbons (Fsp3) is 0.357. The molecule has 0 fully saturated rings. The summed E-state index contributed by atoms with van der Waals surface area (Å²) < 4.78 is 5.14. The van der Waals surface area contributed by atoms with Gasteiger partial charge in [-0.25, -0.2) is 4.98 Å². The van der Waals surface area contributed by atoms with Gasteiger partial charge in [0.1, 0.15) is 5.01 Å². The largest absolute Gasteiger partial charge is 0.385 e. The van der Waals surface area contributed by atoms with Gasteiger partial charge in [0.25, 0.3) is 0 Å². The molecule has 102 valence electrons. The van der Waals surface area contributed by atoms with Crippen molar-refractivity contribution in [2.75, 3.05) is 7.11 Å². The predicted octanol–water partition coefficient (Wildman–Crippen LogP) is 3.84. The lowest BCUT2D eigenvalue weighted by molar-refractivity contribution is 0.0782. The van der Waals surface area contributed by atoms with Gasteiger partial charge in [-0.05, 0) is 19.9 Å². The van der Waals surface area contributed by atoms with Crippen LogP contribution >= 0.6 is 22.9 Å². The second kappa shape index (κ2) is 5.59. The topological polar surface area (TPSA) is 42.4 Å². The van der Waals surface area contributed by atoms with E-state index in [9.17, 15) is 5.11 Å². The number of rotatable bonds is 4. The Morgan fingerprint density at radius 2 is 2.05 bits per heavy atom. The summed E-state index contributed by atoms with van der Waals surface area (Å²) in [5, 5.41) is 11.7. The molecule has 5 heteroatoms. The zero-order valence-corrected chi connectivity index (χ0v) is 12.7. The average molecular weight is 298 g/mol. The van der Waals surface area contributed by atoms with Crippen LogP contribution in [0.4, 0.5) is 0 Å². The van der Waals surface area contributed by atoms with Gasteiger partial charge < -0.3 is 9.84 Å². The number of benzene rings is 1. The molecule has 1 N–H and O–H groups in total. The quantitative estimate of drug-likeness (QED) is 0.932. The van der Waals surface area contributed by atoms with Crippen LogP contribution in [0.25, 0.3) is 10.6 Å². The van der Waals surface area contributed by atoms with Crippen LogP contribution in [0.3, 0.4) is 0 Å². The average Bonchev–Trinajstić information content (AvgIpc) is 2.74. The SMILES string of the molecule is COCc1nc(-c2ccccc2Cl)sc1C(C)(C)O. The first-order valence-corrected chi connectivity index (χ1v) is 7.09. The van der Waals surface area contributed by atoms with Crippen LogP contribution < -0.4 is 0 Å². The van der Waals surface area contributed by atoms with Crippen molar-refractivity contribution in [2.24, 2.45) is 0 Å². The van der Waals surface area contributed by atoms with Gasteiger partial charge in [-0.2, -0.15) is 0 Å². The highest BCUT2D eigenvalue weighted by atomic mass is 35.5. The van der Waals surface area contributed by atoms with E-state index in [1.807, 2.05) is 24.3 Å². The van der Waals surface area contributed by atoms with E-state index < -0.39 is 5.60 Å². The Kier molecular flexibility index (Phi) is 4.26. The van der Waals surface area contributed by atoms with E-state index in [1.54, 1.807) is 21.0 Å². The monoisotopic (exact) mass is 297 g/mol. The summed E-state index contributed by atoms with van der Waals surface area (Å²) >= 11 is 7.63. The second-order valence-electron chi connectivity index (χ2n) is 4.77. The van der Waals surface area contributed by atoms with Crippen LogP contribution in [0.15, 0.2) is 24.3 Å². The minimum Gasteiger partial charge on any atom is -0.385 e. The van der Waals surface area contributed by atoms with Crippen LogP contribution in [0.1, 0.15) is 24.4 Å². The predicted molar refractivity (Wildman–Crippen MR) is 78.5 cm³/mol. The molecule has 1 heterocycles. The molecule has 0 atom stereocenters. The van der Waals surface area contributed by atoms with Gasteiger partial charge in [-0.1, -0.05) is 29.8 Å². The first-order valence-electron chi connectivity index (χ1n) is 5.90. The number of methoxy groups -OCH3 is 1. The van der Waals surface area contributed by atoms with Crippen molar-refractivity contribution in [3.05, 3.63) is 39.9 Å². The molecule has 0 saturated carbocycles. The highest BCUT2D eigenvalue weighted by Gasteiger charge is 2.25. The number of hydrogen-bond donors (Lipinski definition) is 1. The summed E-state index contributed by atoms with van der Waals surface area (Å²) in [5.74, 6) is 0. The highest BCUT2D eigenvalue weighted by Crippen LogP contribution is 2.37. The molecule has 0 radical (unpaired) electrons. The van der Waals surface area contributed by atoms with Crippen molar-refractivity contribution in [1.29, 1.82) is 0 Å². The minimum atomic E-state index is -0.939. The van der Waals surface area contributed by atoms with E-state index in [2.05, 4.69) is 4.98 Å². The van der Waals surface area contributed by atoms with E-state index in [0.717, 1.165) is 21.1 Å². The molecule has 0 unspecified atom stereocenters. The number of hydrogen-bond acceptors (Lipinski definition) is 4. The summed E-state index contributed by atoms with van der Waals surface area (Å²) in [5.41, 5.74) is 0.697. The smallest absolute Gasteiger partial charge is 0.125 e. The Labute approximate surface area is 121 Å². The van der Waals surface area contributed by atoms with Gasteiger partial charge in [0.05, 0.1) is 27.8 Å². The van der Waals surface area contributed by atoms with Gasteiger partial charge in [-0.15, -0.1) is 11.3 Å². The molecule has 0 aliphatic heterocycles. The maximum atomic E-state index is 10.2. The van der Waals surface area contributed by atoms with Crippen LogP contribution in [-0.2, 0) is 16.9 Å². The summed E-state index contributed by atoms with van der Waals surface area (Å²) in [6.45, 7) is 3.87. The molecule has 3 nitrogen and oxygen atoms in total. The third kappa shape index (κ3) is 3.15. The first-order chi connectivity index (χ1) is 8.93. The van der Waals surface area contributed by atoms with Crippen LogP contribution in [0.5, 0.6) is 0 Å². The molecule has 2 rings (SSSR count). The number of nitrogens with zero attached hydrogens (tertiary/aromatic N) is 1. The first kappa shape index (κ1) is 14.5. The van der Waals surface area contributed by atoms with Gasteiger partial charge in [0, 0.05) is 12.7 Å². The lowest BCUT2D eigenvalue weighted by Crippen LogP contribution is -2.16. The van der Waals surface area contributed by atoms with E-state index in [4.69, 9.17) is 16.3 Å². The van der Waals surface area contributed by atoms with Crippen molar-refractivity contribution in [1.82, 2.24) is 4.98 Å². The van der Waals surface area contributed by atoms with Crippen LogP contribution in [0.2, 0.25) is 5.02 Å². The highest BCUT2D eigenvalue weighted by molar-refractivity contribution is 7.15. The standard InChI is InChI=1S/C14H16ClNO2S/c1-14(2,17)12-11(8-18-3)16-13(19-12)9-6-4-5-7-10(9)15/h4-7,17H,8H2,1-3H3. The maximum absolute atomic E-state index is 10.2. The maximum Gasteiger partial charge on any atom is 0.125 e. The molecule has 0 aliphatic rings. The van der Waals surface area contributed by atoms with E-state index >= 15 is 0 Å². The van der Waals surface area contributed by atoms with E-state index in [-0.39, 0.29) is 0 Å². The van der Waals surface area contributed by atoms with Crippen molar-refractivity contribution in [3.63, 3.8) is 0 Å². The molecule has 1 aromatic carbocycles. The zero-order valence-electron chi connectivity index (χ0n) is 11.1. The Hall–Kier alpha value is -0.940. The number of aliphatic hydroxyl groups is 1. The molecule has 0 amide bonds. The van der Waals surface area contributed by atoms with Gasteiger partial charge in [0.15, 0.2) is 0 Å². The fourth-order valence-electron chi connectivity index (χ4n) is 1.81. The third-order valence-electron chi connectivity index (χ3n) is 2.64. The lowest BCUT2D eigenvalue weighted by atomic mass is 10.1. The molecule has 19 heavy (non-hydrogen) atoms. The Morgan fingerprint density at radius 1 is 1.37 bits per heavy atom. The van der Waals surface area contributed by atoms with Crippen molar-refractivity contribution < 1.29 is 9.84 Å². The van der Waals surface area contributed by atoms with Gasteiger partial charge >= 0.3 is 0 Å². The third-order valence-corrected chi connectivity index (χ3v) is 4.41. The Bertz CT molecular complexity index is 575. The Morgan fingerprint density at radius 3 is 2.63 bits per heavy atom. The molecule has 2 aromatic rings. The van der Waals surface area contributed by atoms with Crippen LogP contribution in [-0.4, -0.2) is 17.2 Å². The van der Waals surface area contributed by atoms with Crippen molar-refractivity contribution in [2.45, 2.75) is 26.1 Å². The molecule has 0 bridgehead atoms. The summed E-state index contributed by atoms with van der Waals surface area (Å²) in [7, 11) is 1.61. The summed E-state index contributed by atoms with van der Waals surface area (Å²) in [6, 6.07) is 7.55. The molecule has 0 aliphatic carbocycles. The molecule has 0 spiro atoms. The number of thiazole rings is 1. The number of halogens is 1. The van der Waals surface area contributed by atoms with Crippen molar-refractivity contribution >= 4 is 22.9 Å².